The summed E-state index contributed by atoms with van der Waals surface area (Å²) in [7, 11) is 0. The molecule has 0 spiro atoms. The lowest BCUT2D eigenvalue weighted by atomic mass is 10.1. The molecule has 2 nitrogen and oxygen atoms in total. The quantitative estimate of drug-likeness (QED) is 0.886. The van der Waals surface area contributed by atoms with Gasteiger partial charge in [0.2, 0.25) is 0 Å². The van der Waals surface area contributed by atoms with Gasteiger partial charge in [-0.15, -0.1) is 0 Å². The summed E-state index contributed by atoms with van der Waals surface area (Å²) in [5.41, 5.74) is 4.21. The van der Waals surface area contributed by atoms with Gasteiger partial charge in [-0.3, -0.25) is 4.98 Å². The van der Waals surface area contributed by atoms with Crippen LogP contribution in [0.4, 0.5) is 0 Å². The van der Waals surface area contributed by atoms with E-state index in [1.165, 1.54) is 29.5 Å². The van der Waals surface area contributed by atoms with Crippen molar-refractivity contribution in [3.8, 4) is 0 Å². The van der Waals surface area contributed by atoms with Crippen molar-refractivity contribution in [3.05, 3.63) is 65.5 Å². The van der Waals surface area contributed by atoms with Gasteiger partial charge in [0.25, 0.3) is 0 Å². The summed E-state index contributed by atoms with van der Waals surface area (Å²) in [6, 6.07) is 13.7. The minimum Gasteiger partial charge on any atom is -0.303 e. The Morgan fingerprint density at radius 1 is 1.22 bits per heavy atom. The van der Waals surface area contributed by atoms with Gasteiger partial charge in [0.1, 0.15) is 0 Å². The van der Waals surface area contributed by atoms with Crippen molar-refractivity contribution in [1.82, 2.24) is 10.3 Å². The van der Waals surface area contributed by atoms with E-state index >= 15 is 0 Å². The zero-order chi connectivity index (χ0) is 12.4. The second-order valence-corrected chi connectivity index (χ2v) is 4.96. The fourth-order valence-electron chi connectivity index (χ4n) is 2.76. The summed E-state index contributed by atoms with van der Waals surface area (Å²) in [5, 5.41) is 3.71. The minimum atomic E-state index is 0.342. The van der Waals surface area contributed by atoms with Gasteiger partial charge in [0, 0.05) is 24.5 Å². The van der Waals surface area contributed by atoms with Crippen molar-refractivity contribution >= 4 is 0 Å². The number of hydrogen-bond donors (Lipinski definition) is 1. The van der Waals surface area contributed by atoms with Crippen molar-refractivity contribution in [2.75, 3.05) is 0 Å². The van der Waals surface area contributed by atoms with Gasteiger partial charge in [-0.2, -0.15) is 0 Å². The number of nitrogens with zero attached hydrogens (tertiary/aromatic N) is 1. The third kappa shape index (κ3) is 2.16. The Morgan fingerprint density at radius 3 is 2.94 bits per heavy atom. The van der Waals surface area contributed by atoms with Gasteiger partial charge in [-0.25, -0.2) is 0 Å². The van der Waals surface area contributed by atoms with Gasteiger partial charge in [-0.1, -0.05) is 30.3 Å². The first-order valence-electron chi connectivity index (χ1n) is 6.58. The average Bonchev–Trinajstić information content (AvgIpc) is 2.83. The number of aryl methyl sites for hydroxylation is 1. The predicted molar refractivity (Wildman–Crippen MR) is 73.3 cm³/mol. The first kappa shape index (κ1) is 11.4. The minimum absolute atomic E-state index is 0.342. The predicted octanol–water partition coefficient (Wildman–Crippen LogP) is 3.42. The highest BCUT2D eigenvalue weighted by Crippen LogP contribution is 2.32. The highest BCUT2D eigenvalue weighted by molar-refractivity contribution is 5.34. The number of pyridine rings is 1. The van der Waals surface area contributed by atoms with Crippen LogP contribution in [0.2, 0.25) is 0 Å². The van der Waals surface area contributed by atoms with Crippen molar-refractivity contribution in [2.45, 2.75) is 31.8 Å². The zero-order valence-corrected chi connectivity index (χ0v) is 10.6. The van der Waals surface area contributed by atoms with Crippen LogP contribution >= 0.6 is 0 Å². The topological polar surface area (TPSA) is 24.9 Å². The molecule has 92 valence electrons. The molecule has 2 atom stereocenters. The Morgan fingerprint density at radius 2 is 2.11 bits per heavy atom. The first-order chi connectivity index (χ1) is 8.84. The third-order valence-electron chi connectivity index (χ3n) is 3.77. The van der Waals surface area contributed by atoms with Crippen LogP contribution in [0.3, 0.4) is 0 Å². The highest BCUT2D eigenvalue weighted by atomic mass is 15.0. The Kier molecular flexibility index (Phi) is 3.11. The molecule has 3 rings (SSSR count). The maximum Gasteiger partial charge on any atom is 0.0331 e. The molecular weight excluding hydrogens is 220 g/mol. The average molecular weight is 238 g/mol. The largest absolute Gasteiger partial charge is 0.303 e. The van der Waals surface area contributed by atoms with E-state index in [0.717, 1.165) is 0 Å². The smallest absolute Gasteiger partial charge is 0.0331 e. The van der Waals surface area contributed by atoms with Crippen LogP contribution in [0, 0.1) is 0 Å². The van der Waals surface area contributed by atoms with E-state index in [-0.39, 0.29) is 0 Å². The number of nitrogens with one attached hydrogen (secondary N) is 1. The summed E-state index contributed by atoms with van der Waals surface area (Å²) in [6.07, 6.45) is 6.15. The molecule has 1 unspecified atom stereocenters. The van der Waals surface area contributed by atoms with Gasteiger partial charge >= 0.3 is 0 Å². The number of hydrogen-bond acceptors (Lipinski definition) is 2. The van der Waals surface area contributed by atoms with Crippen LogP contribution in [0.1, 0.15) is 42.1 Å². The van der Waals surface area contributed by atoms with Crippen LogP contribution in [0.5, 0.6) is 0 Å². The Labute approximate surface area is 108 Å². The summed E-state index contributed by atoms with van der Waals surface area (Å²) in [4.78, 5) is 4.18. The molecule has 0 bridgehead atoms. The monoisotopic (exact) mass is 238 g/mol. The molecule has 2 heteroatoms. The fourth-order valence-corrected chi connectivity index (χ4v) is 2.76. The second-order valence-electron chi connectivity index (χ2n) is 4.96. The Hall–Kier alpha value is -1.67. The molecule has 0 amide bonds. The molecular formula is C16H18N2. The molecule has 1 aliphatic carbocycles. The van der Waals surface area contributed by atoms with Gasteiger partial charge in [0.05, 0.1) is 0 Å². The van der Waals surface area contributed by atoms with Crippen LogP contribution in [0.15, 0.2) is 48.8 Å². The first-order valence-corrected chi connectivity index (χ1v) is 6.58. The third-order valence-corrected chi connectivity index (χ3v) is 3.77. The lowest BCUT2D eigenvalue weighted by molar-refractivity contribution is 0.464. The highest BCUT2D eigenvalue weighted by Gasteiger charge is 2.23. The van der Waals surface area contributed by atoms with Crippen molar-refractivity contribution in [2.24, 2.45) is 0 Å². The molecule has 1 heterocycles. The lowest BCUT2D eigenvalue weighted by Crippen LogP contribution is -2.23. The van der Waals surface area contributed by atoms with Crippen LogP contribution < -0.4 is 5.32 Å². The summed E-state index contributed by atoms with van der Waals surface area (Å²) >= 11 is 0. The molecule has 0 saturated heterocycles. The summed E-state index contributed by atoms with van der Waals surface area (Å²) in [5.74, 6) is 0. The SMILES string of the molecule is C[C@@H](NC1CCc2ccccc21)c1cccnc1. The molecule has 0 radical (unpaired) electrons. The number of benzene rings is 1. The number of aromatic nitrogens is 1. The van der Waals surface area contributed by atoms with E-state index in [2.05, 4.69) is 47.6 Å². The second kappa shape index (κ2) is 4.91. The standard InChI is InChI=1S/C16H18N2/c1-12(14-6-4-10-17-11-14)18-16-9-8-13-5-2-3-7-15(13)16/h2-7,10-12,16,18H,8-9H2,1H3/t12-,16?/m1/s1. The van der Waals surface area contributed by atoms with Crippen molar-refractivity contribution in [3.63, 3.8) is 0 Å². The molecule has 1 aliphatic rings. The van der Waals surface area contributed by atoms with Crippen LogP contribution in [0.25, 0.3) is 0 Å². The van der Waals surface area contributed by atoms with Gasteiger partial charge in [0.15, 0.2) is 0 Å². The van der Waals surface area contributed by atoms with E-state index < -0.39 is 0 Å². The van der Waals surface area contributed by atoms with E-state index in [4.69, 9.17) is 0 Å². The van der Waals surface area contributed by atoms with Crippen molar-refractivity contribution in [1.29, 1.82) is 0 Å². The maximum atomic E-state index is 4.18. The van der Waals surface area contributed by atoms with E-state index in [9.17, 15) is 0 Å². The van der Waals surface area contributed by atoms with Crippen LogP contribution in [-0.4, -0.2) is 4.98 Å². The molecule has 0 fully saturated rings. The van der Waals surface area contributed by atoms with Crippen LogP contribution in [-0.2, 0) is 6.42 Å². The molecule has 1 aromatic heterocycles. The number of fused-ring (bicyclic) bond motifs is 1. The molecule has 0 saturated carbocycles. The molecule has 1 N–H and O–H groups in total. The molecule has 18 heavy (non-hydrogen) atoms. The lowest BCUT2D eigenvalue weighted by Gasteiger charge is -2.20. The molecule has 0 aliphatic heterocycles. The molecule has 1 aromatic carbocycles. The Bertz CT molecular complexity index is 522. The van der Waals surface area contributed by atoms with Gasteiger partial charge in [-0.05, 0) is 42.5 Å². The fraction of sp³-hybridized carbons (Fsp3) is 0.312. The summed E-state index contributed by atoms with van der Waals surface area (Å²) < 4.78 is 0. The molecule has 2 aromatic rings. The zero-order valence-electron chi connectivity index (χ0n) is 10.6. The van der Waals surface area contributed by atoms with Crippen molar-refractivity contribution < 1.29 is 0 Å². The van der Waals surface area contributed by atoms with E-state index in [1.54, 1.807) is 0 Å². The Balaban J connectivity index is 1.75. The van der Waals surface area contributed by atoms with E-state index in [1.807, 2.05) is 18.5 Å². The van der Waals surface area contributed by atoms with E-state index in [0.29, 0.717) is 12.1 Å². The van der Waals surface area contributed by atoms with Gasteiger partial charge < -0.3 is 5.32 Å². The number of rotatable bonds is 3. The summed E-state index contributed by atoms with van der Waals surface area (Å²) in [6.45, 7) is 2.21. The normalized spacial score (nSPS) is 19.5. The maximum absolute atomic E-state index is 4.18.